The molecule has 0 atom stereocenters. The highest BCUT2D eigenvalue weighted by Gasteiger charge is 2.32. The number of halogens is 2. The van der Waals surface area contributed by atoms with Gasteiger partial charge in [-0.25, -0.2) is 0 Å². The summed E-state index contributed by atoms with van der Waals surface area (Å²) in [5.74, 6) is -2.53. The van der Waals surface area contributed by atoms with Crippen LogP contribution in [0.4, 0.5) is 8.78 Å². The molecule has 2 aromatic rings. The highest BCUT2D eigenvalue weighted by atomic mass is 19.3. The Kier molecular flexibility index (Phi) is 3.38. The highest BCUT2D eigenvalue weighted by molar-refractivity contribution is 5.23. The summed E-state index contributed by atoms with van der Waals surface area (Å²) in [7, 11) is 0. The number of benzene rings is 2. The standard InChI is InChI=1S/C14H12F2O/c15-14(16,12-7-3-1-4-8-12)11-17-13-9-5-2-6-10-13/h1-10H,11H2. The maximum absolute atomic E-state index is 13.7. The van der Waals surface area contributed by atoms with Gasteiger partial charge in [-0.05, 0) is 12.1 Å². The largest absolute Gasteiger partial charge is 0.487 e. The van der Waals surface area contributed by atoms with Crippen molar-refractivity contribution in [1.82, 2.24) is 0 Å². The molecule has 0 unspecified atom stereocenters. The van der Waals surface area contributed by atoms with Gasteiger partial charge in [0, 0.05) is 5.56 Å². The fraction of sp³-hybridized carbons (Fsp3) is 0.143. The van der Waals surface area contributed by atoms with E-state index in [1.165, 1.54) is 12.1 Å². The molecule has 1 nitrogen and oxygen atoms in total. The summed E-state index contributed by atoms with van der Waals surface area (Å²) in [5, 5.41) is 0. The minimum absolute atomic E-state index is 0.0315. The first-order valence-electron chi connectivity index (χ1n) is 5.30. The summed E-state index contributed by atoms with van der Waals surface area (Å²) < 4.78 is 32.5. The maximum atomic E-state index is 13.7. The van der Waals surface area contributed by atoms with Crippen molar-refractivity contribution < 1.29 is 13.5 Å². The van der Waals surface area contributed by atoms with Crippen LogP contribution < -0.4 is 4.74 Å². The van der Waals surface area contributed by atoms with Gasteiger partial charge in [0.2, 0.25) is 0 Å². The van der Waals surface area contributed by atoms with Gasteiger partial charge in [-0.2, -0.15) is 8.78 Å². The lowest BCUT2D eigenvalue weighted by Gasteiger charge is -2.17. The fourth-order valence-corrected chi connectivity index (χ4v) is 1.46. The molecule has 2 aromatic carbocycles. The SMILES string of the molecule is FC(F)(COc1ccccc1)c1ccccc1. The van der Waals surface area contributed by atoms with Gasteiger partial charge in [0.25, 0.3) is 0 Å². The quantitative estimate of drug-likeness (QED) is 0.780. The van der Waals surface area contributed by atoms with E-state index in [4.69, 9.17) is 4.74 Å². The van der Waals surface area contributed by atoms with E-state index < -0.39 is 12.5 Å². The zero-order chi connectivity index (χ0) is 12.1. The Morgan fingerprint density at radius 3 is 1.94 bits per heavy atom. The van der Waals surface area contributed by atoms with E-state index in [2.05, 4.69) is 0 Å². The molecule has 0 aromatic heterocycles. The summed E-state index contributed by atoms with van der Waals surface area (Å²) in [5.41, 5.74) is -0.0315. The second-order valence-electron chi connectivity index (χ2n) is 3.67. The summed E-state index contributed by atoms with van der Waals surface area (Å²) in [6.07, 6.45) is 0. The first kappa shape index (κ1) is 11.6. The molecule has 0 amide bonds. The lowest BCUT2D eigenvalue weighted by Crippen LogP contribution is -2.22. The third-order valence-electron chi connectivity index (χ3n) is 2.36. The van der Waals surface area contributed by atoms with Crippen LogP contribution in [-0.2, 0) is 5.92 Å². The average Bonchev–Trinajstić information content (AvgIpc) is 2.39. The predicted octanol–water partition coefficient (Wildman–Crippen LogP) is 3.86. The van der Waals surface area contributed by atoms with Crippen LogP contribution in [0.5, 0.6) is 5.75 Å². The molecular weight excluding hydrogens is 222 g/mol. The Morgan fingerprint density at radius 1 is 0.824 bits per heavy atom. The molecule has 17 heavy (non-hydrogen) atoms. The zero-order valence-electron chi connectivity index (χ0n) is 9.14. The van der Waals surface area contributed by atoms with Crippen molar-refractivity contribution >= 4 is 0 Å². The molecule has 0 spiro atoms. The van der Waals surface area contributed by atoms with Crippen LogP contribution in [0.15, 0.2) is 60.7 Å². The molecule has 2 rings (SSSR count). The summed E-state index contributed by atoms with van der Waals surface area (Å²) >= 11 is 0. The Morgan fingerprint density at radius 2 is 1.35 bits per heavy atom. The van der Waals surface area contributed by atoms with Crippen LogP contribution in [0, 0.1) is 0 Å². The maximum Gasteiger partial charge on any atom is 0.306 e. The Labute approximate surface area is 98.7 Å². The third-order valence-corrected chi connectivity index (χ3v) is 2.36. The van der Waals surface area contributed by atoms with E-state index in [0.29, 0.717) is 5.75 Å². The van der Waals surface area contributed by atoms with Crippen molar-refractivity contribution in [2.24, 2.45) is 0 Å². The van der Waals surface area contributed by atoms with Gasteiger partial charge in [0.1, 0.15) is 5.75 Å². The number of rotatable bonds is 4. The zero-order valence-corrected chi connectivity index (χ0v) is 9.14. The Balaban J connectivity index is 2.03. The van der Waals surface area contributed by atoms with Gasteiger partial charge in [-0.15, -0.1) is 0 Å². The molecule has 0 aliphatic heterocycles. The van der Waals surface area contributed by atoms with Gasteiger partial charge in [-0.3, -0.25) is 0 Å². The van der Waals surface area contributed by atoms with E-state index in [1.807, 2.05) is 6.07 Å². The average molecular weight is 234 g/mol. The van der Waals surface area contributed by atoms with Crippen molar-refractivity contribution in [3.63, 3.8) is 0 Å². The number of ether oxygens (including phenoxy) is 1. The molecule has 0 N–H and O–H groups in total. The third kappa shape index (κ3) is 3.03. The summed E-state index contributed by atoms with van der Waals surface area (Å²) in [6.45, 7) is -0.652. The van der Waals surface area contributed by atoms with Crippen LogP contribution in [0.1, 0.15) is 5.56 Å². The minimum atomic E-state index is -2.98. The van der Waals surface area contributed by atoms with Gasteiger partial charge in [-0.1, -0.05) is 48.5 Å². The number of hydrogen-bond acceptors (Lipinski definition) is 1. The monoisotopic (exact) mass is 234 g/mol. The second-order valence-corrected chi connectivity index (χ2v) is 3.67. The van der Waals surface area contributed by atoms with Gasteiger partial charge < -0.3 is 4.74 Å². The van der Waals surface area contributed by atoms with Crippen LogP contribution in [-0.4, -0.2) is 6.61 Å². The number of para-hydroxylation sites is 1. The van der Waals surface area contributed by atoms with Crippen LogP contribution in [0.2, 0.25) is 0 Å². The first-order chi connectivity index (χ1) is 8.18. The van der Waals surface area contributed by atoms with Crippen molar-refractivity contribution in [3.05, 3.63) is 66.2 Å². The van der Waals surface area contributed by atoms with E-state index >= 15 is 0 Å². The van der Waals surface area contributed by atoms with Crippen molar-refractivity contribution in [2.45, 2.75) is 5.92 Å². The van der Waals surface area contributed by atoms with E-state index in [9.17, 15) is 8.78 Å². The van der Waals surface area contributed by atoms with Crippen LogP contribution in [0.25, 0.3) is 0 Å². The van der Waals surface area contributed by atoms with Crippen molar-refractivity contribution in [2.75, 3.05) is 6.61 Å². The number of alkyl halides is 2. The normalized spacial score (nSPS) is 11.2. The summed E-state index contributed by atoms with van der Waals surface area (Å²) in [6, 6.07) is 16.3. The molecule has 0 aliphatic rings. The minimum Gasteiger partial charge on any atom is -0.487 e. The van der Waals surface area contributed by atoms with Crippen LogP contribution >= 0.6 is 0 Å². The molecule has 0 saturated heterocycles. The number of hydrogen-bond donors (Lipinski definition) is 0. The highest BCUT2D eigenvalue weighted by Crippen LogP contribution is 2.28. The Hall–Kier alpha value is -1.90. The lowest BCUT2D eigenvalue weighted by atomic mass is 10.1. The van der Waals surface area contributed by atoms with Gasteiger partial charge in [0.05, 0.1) is 0 Å². The molecule has 0 fully saturated rings. The molecular formula is C14H12F2O. The van der Waals surface area contributed by atoms with Crippen molar-refractivity contribution in [3.8, 4) is 5.75 Å². The second kappa shape index (κ2) is 4.95. The summed E-state index contributed by atoms with van der Waals surface area (Å²) in [4.78, 5) is 0. The van der Waals surface area contributed by atoms with Gasteiger partial charge in [0.15, 0.2) is 6.61 Å². The van der Waals surface area contributed by atoms with Gasteiger partial charge >= 0.3 is 5.92 Å². The molecule has 0 aliphatic carbocycles. The molecule has 0 bridgehead atoms. The molecule has 0 heterocycles. The van der Waals surface area contributed by atoms with Crippen molar-refractivity contribution in [1.29, 1.82) is 0 Å². The van der Waals surface area contributed by atoms with Crippen LogP contribution in [0.3, 0.4) is 0 Å². The lowest BCUT2D eigenvalue weighted by molar-refractivity contribution is -0.0467. The predicted molar refractivity (Wildman–Crippen MR) is 62.3 cm³/mol. The topological polar surface area (TPSA) is 9.23 Å². The van der Waals surface area contributed by atoms with E-state index in [1.54, 1.807) is 42.5 Å². The molecule has 0 saturated carbocycles. The fourth-order valence-electron chi connectivity index (χ4n) is 1.46. The smallest absolute Gasteiger partial charge is 0.306 e. The first-order valence-corrected chi connectivity index (χ1v) is 5.30. The molecule has 88 valence electrons. The molecule has 0 radical (unpaired) electrons. The Bertz CT molecular complexity index is 454. The molecule has 3 heteroatoms. The van der Waals surface area contributed by atoms with E-state index in [-0.39, 0.29) is 5.56 Å². The van der Waals surface area contributed by atoms with E-state index in [0.717, 1.165) is 0 Å².